The number of hydrogen-bond donors (Lipinski definition) is 1. The van der Waals surface area contributed by atoms with Crippen molar-refractivity contribution < 1.29 is 0 Å². The fourth-order valence-electron chi connectivity index (χ4n) is 2.26. The van der Waals surface area contributed by atoms with E-state index in [4.69, 9.17) is 0 Å². The lowest BCUT2D eigenvalue weighted by atomic mass is 10.1. The second-order valence-electron chi connectivity index (χ2n) is 5.12. The molecule has 0 saturated carbocycles. The standard InChI is InChI=1S/C17H26N2S/c1-4-6-7-8-10-14(3)19-16-11-9-12-17(20-5-2)15(16)13-18/h9,11-12,14,19H,4-8,10H2,1-3H3. The van der Waals surface area contributed by atoms with Gasteiger partial charge in [-0.3, -0.25) is 0 Å². The van der Waals surface area contributed by atoms with Gasteiger partial charge in [0.25, 0.3) is 0 Å². The monoisotopic (exact) mass is 290 g/mol. The SMILES string of the molecule is CCCCCCC(C)Nc1cccc(SCC)c1C#N. The molecule has 1 N–H and O–H groups in total. The third kappa shape index (κ3) is 5.46. The molecule has 1 rings (SSSR count). The molecule has 0 bridgehead atoms. The number of anilines is 1. The van der Waals surface area contributed by atoms with Crippen LogP contribution in [0.15, 0.2) is 23.1 Å². The average molecular weight is 290 g/mol. The first-order valence-electron chi connectivity index (χ1n) is 7.65. The highest BCUT2D eigenvalue weighted by Gasteiger charge is 2.10. The first-order chi connectivity index (χ1) is 9.72. The zero-order chi connectivity index (χ0) is 14.8. The minimum absolute atomic E-state index is 0.417. The summed E-state index contributed by atoms with van der Waals surface area (Å²) >= 11 is 1.73. The number of benzene rings is 1. The zero-order valence-corrected chi connectivity index (χ0v) is 13.7. The van der Waals surface area contributed by atoms with Gasteiger partial charge >= 0.3 is 0 Å². The van der Waals surface area contributed by atoms with Gasteiger partial charge in [-0.25, -0.2) is 0 Å². The van der Waals surface area contributed by atoms with Gasteiger partial charge < -0.3 is 5.32 Å². The van der Waals surface area contributed by atoms with Crippen LogP contribution in [0.3, 0.4) is 0 Å². The predicted molar refractivity (Wildman–Crippen MR) is 89.4 cm³/mol. The van der Waals surface area contributed by atoms with Crippen molar-refractivity contribution in [3.05, 3.63) is 23.8 Å². The molecule has 1 atom stereocenters. The molecule has 0 radical (unpaired) electrons. The van der Waals surface area contributed by atoms with Crippen molar-refractivity contribution in [1.82, 2.24) is 0 Å². The highest BCUT2D eigenvalue weighted by Crippen LogP contribution is 2.28. The minimum Gasteiger partial charge on any atom is -0.381 e. The van der Waals surface area contributed by atoms with Crippen molar-refractivity contribution in [2.45, 2.75) is 63.8 Å². The van der Waals surface area contributed by atoms with E-state index in [0.717, 1.165) is 28.3 Å². The van der Waals surface area contributed by atoms with Crippen molar-refractivity contribution >= 4 is 17.4 Å². The Labute approximate surface area is 128 Å². The van der Waals surface area contributed by atoms with E-state index in [9.17, 15) is 5.26 Å². The van der Waals surface area contributed by atoms with E-state index >= 15 is 0 Å². The molecule has 0 aliphatic heterocycles. The van der Waals surface area contributed by atoms with Crippen LogP contribution >= 0.6 is 11.8 Å². The van der Waals surface area contributed by atoms with Crippen LogP contribution in [0.5, 0.6) is 0 Å². The molecule has 110 valence electrons. The Balaban J connectivity index is 2.62. The molecule has 0 aromatic heterocycles. The molecule has 20 heavy (non-hydrogen) atoms. The molecule has 1 aromatic carbocycles. The van der Waals surface area contributed by atoms with E-state index in [1.807, 2.05) is 18.2 Å². The topological polar surface area (TPSA) is 35.8 Å². The molecule has 0 heterocycles. The summed E-state index contributed by atoms with van der Waals surface area (Å²) in [6.45, 7) is 6.55. The lowest BCUT2D eigenvalue weighted by Crippen LogP contribution is -2.16. The van der Waals surface area contributed by atoms with E-state index in [2.05, 4.69) is 32.2 Å². The summed E-state index contributed by atoms with van der Waals surface area (Å²) in [5, 5.41) is 12.9. The first kappa shape index (κ1) is 16.9. The van der Waals surface area contributed by atoms with Crippen LogP contribution in [0.25, 0.3) is 0 Å². The Morgan fingerprint density at radius 2 is 2.05 bits per heavy atom. The van der Waals surface area contributed by atoms with Crippen molar-refractivity contribution in [3.63, 3.8) is 0 Å². The molecule has 0 amide bonds. The van der Waals surface area contributed by atoms with Crippen molar-refractivity contribution in [3.8, 4) is 6.07 Å². The Hall–Kier alpha value is -1.14. The number of nitriles is 1. The van der Waals surface area contributed by atoms with Crippen molar-refractivity contribution in [2.75, 3.05) is 11.1 Å². The molecule has 1 aromatic rings. The summed E-state index contributed by atoms with van der Waals surface area (Å²) in [5.41, 5.74) is 1.77. The maximum Gasteiger partial charge on any atom is 0.102 e. The highest BCUT2D eigenvalue weighted by molar-refractivity contribution is 7.99. The third-order valence-corrected chi connectivity index (χ3v) is 4.27. The van der Waals surface area contributed by atoms with E-state index in [-0.39, 0.29) is 0 Å². The number of thioether (sulfide) groups is 1. The summed E-state index contributed by atoms with van der Waals surface area (Å²) in [4.78, 5) is 1.08. The van der Waals surface area contributed by atoms with Gasteiger partial charge in [0.1, 0.15) is 6.07 Å². The molecule has 0 spiro atoms. The van der Waals surface area contributed by atoms with E-state index in [0.29, 0.717) is 6.04 Å². The second kappa shape index (κ2) is 9.72. The van der Waals surface area contributed by atoms with Gasteiger partial charge in [0.05, 0.1) is 11.3 Å². The highest BCUT2D eigenvalue weighted by atomic mass is 32.2. The summed E-state index contributed by atoms with van der Waals surface area (Å²) in [6, 6.07) is 8.84. The molecule has 2 nitrogen and oxygen atoms in total. The molecule has 0 saturated heterocycles. The van der Waals surface area contributed by atoms with E-state index in [1.54, 1.807) is 11.8 Å². The summed E-state index contributed by atoms with van der Waals surface area (Å²) in [7, 11) is 0. The van der Waals surface area contributed by atoms with Gasteiger partial charge in [0.15, 0.2) is 0 Å². The van der Waals surface area contributed by atoms with Crippen LogP contribution in [-0.2, 0) is 0 Å². The lowest BCUT2D eigenvalue weighted by molar-refractivity contribution is 0.594. The van der Waals surface area contributed by atoms with Crippen LogP contribution in [0.4, 0.5) is 5.69 Å². The molecular formula is C17H26N2S. The smallest absolute Gasteiger partial charge is 0.102 e. The number of hydrogen-bond acceptors (Lipinski definition) is 3. The lowest BCUT2D eigenvalue weighted by Gasteiger charge is -2.17. The van der Waals surface area contributed by atoms with Crippen LogP contribution in [0, 0.1) is 11.3 Å². The van der Waals surface area contributed by atoms with Gasteiger partial charge in [-0.2, -0.15) is 5.26 Å². The quantitative estimate of drug-likeness (QED) is 0.486. The normalized spacial score (nSPS) is 11.9. The molecule has 0 fully saturated rings. The van der Waals surface area contributed by atoms with Gasteiger partial charge in [-0.15, -0.1) is 11.8 Å². The number of rotatable bonds is 9. The van der Waals surface area contributed by atoms with Gasteiger partial charge in [0.2, 0.25) is 0 Å². The van der Waals surface area contributed by atoms with Gasteiger partial charge in [-0.1, -0.05) is 45.6 Å². The second-order valence-corrected chi connectivity index (χ2v) is 6.42. The van der Waals surface area contributed by atoms with Crippen LogP contribution in [0.2, 0.25) is 0 Å². The Morgan fingerprint density at radius 3 is 2.70 bits per heavy atom. The molecular weight excluding hydrogens is 264 g/mol. The average Bonchev–Trinajstić information content (AvgIpc) is 2.44. The van der Waals surface area contributed by atoms with Crippen molar-refractivity contribution in [1.29, 1.82) is 5.26 Å². The summed E-state index contributed by atoms with van der Waals surface area (Å²) < 4.78 is 0. The third-order valence-electron chi connectivity index (χ3n) is 3.33. The van der Waals surface area contributed by atoms with E-state index in [1.165, 1.54) is 25.7 Å². The van der Waals surface area contributed by atoms with E-state index < -0.39 is 0 Å². The Kier molecular flexibility index (Phi) is 8.22. The molecule has 0 aliphatic rings. The zero-order valence-electron chi connectivity index (χ0n) is 12.9. The number of nitrogens with zero attached hydrogens (tertiary/aromatic N) is 1. The fourth-order valence-corrected chi connectivity index (χ4v) is 3.04. The maximum atomic E-state index is 9.38. The maximum absolute atomic E-state index is 9.38. The largest absolute Gasteiger partial charge is 0.381 e. The van der Waals surface area contributed by atoms with Crippen molar-refractivity contribution in [2.24, 2.45) is 0 Å². The number of unbranched alkanes of at least 4 members (excludes halogenated alkanes) is 3. The molecule has 0 aliphatic carbocycles. The summed E-state index contributed by atoms with van der Waals surface area (Å²) in [5.74, 6) is 0.991. The minimum atomic E-state index is 0.417. The number of nitrogens with one attached hydrogen (secondary N) is 1. The predicted octanol–water partition coefficient (Wildman–Crippen LogP) is 5.44. The Bertz CT molecular complexity index is 437. The fraction of sp³-hybridized carbons (Fsp3) is 0.588. The van der Waals surface area contributed by atoms with Crippen LogP contribution < -0.4 is 5.32 Å². The first-order valence-corrected chi connectivity index (χ1v) is 8.63. The summed E-state index contributed by atoms with van der Waals surface area (Å²) in [6.07, 6.45) is 6.32. The van der Waals surface area contributed by atoms with Crippen LogP contribution in [0.1, 0.15) is 58.4 Å². The van der Waals surface area contributed by atoms with Crippen LogP contribution in [-0.4, -0.2) is 11.8 Å². The molecule has 3 heteroatoms. The molecule has 1 unspecified atom stereocenters. The Morgan fingerprint density at radius 1 is 1.25 bits per heavy atom. The van der Waals surface area contributed by atoms with Gasteiger partial charge in [0, 0.05) is 10.9 Å². The van der Waals surface area contributed by atoms with Gasteiger partial charge in [-0.05, 0) is 31.2 Å².